The molecule has 0 spiro atoms. The largest absolute Gasteiger partial charge is 0.457 e. The van der Waals surface area contributed by atoms with E-state index in [1.165, 1.54) is 13.8 Å². The second-order valence-electron chi connectivity index (χ2n) is 10.0. The third-order valence-electron chi connectivity index (χ3n) is 6.83. The first kappa shape index (κ1) is 32.1. The van der Waals surface area contributed by atoms with Crippen LogP contribution in [0, 0.1) is 0 Å². The van der Waals surface area contributed by atoms with Gasteiger partial charge < -0.3 is 33.2 Å². The van der Waals surface area contributed by atoms with Crippen molar-refractivity contribution in [2.75, 3.05) is 5.33 Å². The zero-order valence-corrected chi connectivity index (χ0v) is 26.4. The van der Waals surface area contributed by atoms with Crippen LogP contribution in [0.4, 0.5) is 0 Å². The number of benzene rings is 2. The van der Waals surface area contributed by atoms with Crippen molar-refractivity contribution in [2.45, 2.75) is 94.4 Å². The van der Waals surface area contributed by atoms with Crippen LogP contribution in [0.5, 0.6) is 0 Å². The number of halogens is 2. The molecule has 0 aromatic heterocycles. The summed E-state index contributed by atoms with van der Waals surface area (Å²) < 4.78 is 42.6. The van der Waals surface area contributed by atoms with Crippen LogP contribution in [-0.4, -0.2) is 71.3 Å². The summed E-state index contributed by atoms with van der Waals surface area (Å²) in [5.41, 5.74) is 2.07. The molecular weight excluding hydrogens is 664 g/mol. The fourth-order valence-electron chi connectivity index (χ4n) is 4.92. The number of carbonyl (C=O) groups excluding carboxylic acids is 2. The van der Waals surface area contributed by atoms with Crippen molar-refractivity contribution >= 4 is 43.8 Å². The zero-order chi connectivity index (χ0) is 29.4. The van der Waals surface area contributed by atoms with Crippen LogP contribution in [0.15, 0.2) is 60.7 Å². The van der Waals surface area contributed by atoms with Crippen molar-refractivity contribution in [3.63, 3.8) is 0 Å². The fraction of sp³-hybridized carbons (Fsp3) is 0.533. The summed E-state index contributed by atoms with van der Waals surface area (Å²) in [4.78, 5) is 23.2. The summed E-state index contributed by atoms with van der Waals surface area (Å²) in [6.07, 6.45) is -4.61. The van der Waals surface area contributed by atoms with Crippen LogP contribution in [0.25, 0.3) is 0 Å². The maximum Gasteiger partial charge on any atom is 0.303 e. The average Bonchev–Trinajstić information content (AvgIpc) is 2.96. The summed E-state index contributed by atoms with van der Waals surface area (Å²) in [5, 5.41) is 0.322. The molecule has 9 atom stereocenters. The molecule has 224 valence electrons. The molecule has 0 aliphatic carbocycles. The molecule has 2 saturated heterocycles. The highest BCUT2D eigenvalue weighted by Crippen LogP contribution is 2.36. The number of esters is 2. The quantitative estimate of drug-likeness (QED) is 0.236. The molecule has 0 bridgehead atoms. The van der Waals surface area contributed by atoms with Crippen molar-refractivity contribution in [3.05, 3.63) is 71.8 Å². The van der Waals surface area contributed by atoms with Crippen LogP contribution in [-0.2, 0) is 56.0 Å². The van der Waals surface area contributed by atoms with E-state index in [4.69, 9.17) is 33.2 Å². The predicted octanol–water partition coefficient (Wildman–Crippen LogP) is 5.06. The number of carbonyl (C=O) groups is 2. The van der Waals surface area contributed by atoms with Crippen LogP contribution in [0.1, 0.15) is 38.3 Å². The van der Waals surface area contributed by atoms with E-state index in [0.29, 0.717) is 25.0 Å². The van der Waals surface area contributed by atoms with Gasteiger partial charge in [0.2, 0.25) is 0 Å². The minimum absolute atomic E-state index is 0.322. The van der Waals surface area contributed by atoms with Gasteiger partial charge in [-0.25, -0.2) is 0 Å². The van der Waals surface area contributed by atoms with Gasteiger partial charge in [0.25, 0.3) is 0 Å². The van der Waals surface area contributed by atoms with Gasteiger partial charge in [0.05, 0.1) is 25.4 Å². The maximum absolute atomic E-state index is 12.0. The van der Waals surface area contributed by atoms with E-state index in [0.717, 1.165) is 11.1 Å². The Balaban J connectivity index is 1.51. The van der Waals surface area contributed by atoms with E-state index in [2.05, 4.69) is 31.9 Å². The summed E-state index contributed by atoms with van der Waals surface area (Å²) in [5.74, 6) is -1.02. The van der Waals surface area contributed by atoms with Gasteiger partial charge >= 0.3 is 11.9 Å². The molecule has 0 radical (unpaired) electrons. The highest BCUT2D eigenvalue weighted by Gasteiger charge is 2.51. The third kappa shape index (κ3) is 9.06. The molecule has 9 nitrogen and oxygen atoms in total. The van der Waals surface area contributed by atoms with Crippen LogP contribution in [0.3, 0.4) is 0 Å². The highest BCUT2D eigenvalue weighted by molar-refractivity contribution is 9.09. The Hall–Kier alpha value is -1.86. The van der Waals surface area contributed by atoms with Gasteiger partial charge in [-0.15, -0.1) is 0 Å². The Morgan fingerprint density at radius 3 is 1.95 bits per heavy atom. The molecule has 0 unspecified atom stereocenters. The smallest absolute Gasteiger partial charge is 0.303 e. The molecule has 0 saturated carbocycles. The molecule has 41 heavy (non-hydrogen) atoms. The molecule has 4 rings (SSSR count). The first-order valence-corrected chi connectivity index (χ1v) is 15.6. The number of hydrogen-bond donors (Lipinski definition) is 0. The van der Waals surface area contributed by atoms with Gasteiger partial charge in [0.15, 0.2) is 24.8 Å². The van der Waals surface area contributed by atoms with E-state index < -0.39 is 66.0 Å². The van der Waals surface area contributed by atoms with E-state index >= 15 is 0 Å². The lowest BCUT2D eigenvalue weighted by molar-refractivity contribution is -0.315. The molecule has 2 aromatic carbocycles. The number of hydrogen-bond acceptors (Lipinski definition) is 9. The molecule has 11 heteroatoms. The molecule has 0 N–H and O–H groups in total. The van der Waals surface area contributed by atoms with Gasteiger partial charge in [-0.3, -0.25) is 9.59 Å². The topological polar surface area (TPSA) is 98.8 Å². The van der Waals surface area contributed by atoms with Crippen molar-refractivity contribution in [1.82, 2.24) is 0 Å². The van der Waals surface area contributed by atoms with Crippen molar-refractivity contribution in [2.24, 2.45) is 0 Å². The first-order valence-electron chi connectivity index (χ1n) is 13.6. The third-order valence-corrected chi connectivity index (χ3v) is 8.42. The molecule has 2 aliphatic heterocycles. The van der Waals surface area contributed by atoms with E-state index in [1.807, 2.05) is 67.6 Å². The van der Waals surface area contributed by atoms with E-state index in [-0.39, 0.29) is 0 Å². The Labute approximate surface area is 257 Å². The van der Waals surface area contributed by atoms with E-state index in [9.17, 15) is 9.59 Å². The van der Waals surface area contributed by atoms with Gasteiger partial charge in [-0.1, -0.05) is 92.5 Å². The molecule has 2 aliphatic rings. The number of ether oxygens (including phenoxy) is 7. The molecule has 2 fully saturated rings. The standard InChI is InChI=1S/C30H36Br2O9/c1-18-27(41-30-26(32)29(39-20(3)34)28(38-19(2)33)24(15-31)40-30)23(35-16-21-10-6-4-7-11-21)14-25(37-18)36-17-22-12-8-5-9-13-22/h4-13,18,23-30H,14-17H2,1-3H3/t18-,23-,24-,25+,26-,27-,28-,29-,30+/m1/s1. The second-order valence-corrected chi connectivity index (χ2v) is 11.7. The fourth-order valence-corrected chi connectivity index (χ4v) is 6.10. The minimum Gasteiger partial charge on any atom is -0.457 e. The zero-order valence-electron chi connectivity index (χ0n) is 23.2. The second kappa shape index (κ2) is 15.6. The normalized spacial score (nSPS) is 31.8. The van der Waals surface area contributed by atoms with E-state index in [1.54, 1.807) is 0 Å². The monoisotopic (exact) mass is 698 g/mol. The lowest BCUT2D eigenvalue weighted by Crippen LogP contribution is -2.61. The van der Waals surface area contributed by atoms with Gasteiger partial charge in [0, 0.05) is 25.6 Å². The molecular formula is C30H36Br2O9. The average molecular weight is 700 g/mol. The minimum atomic E-state index is -0.866. The summed E-state index contributed by atoms with van der Waals surface area (Å²) in [7, 11) is 0. The maximum atomic E-state index is 12.0. The van der Waals surface area contributed by atoms with Crippen molar-refractivity contribution in [1.29, 1.82) is 0 Å². The van der Waals surface area contributed by atoms with Crippen LogP contribution < -0.4 is 0 Å². The van der Waals surface area contributed by atoms with Crippen molar-refractivity contribution < 1.29 is 42.7 Å². The number of rotatable bonds is 11. The highest BCUT2D eigenvalue weighted by atomic mass is 79.9. The number of alkyl halides is 2. The summed E-state index contributed by atoms with van der Waals surface area (Å²) in [6.45, 7) is 5.29. The van der Waals surface area contributed by atoms with Gasteiger partial charge in [0.1, 0.15) is 17.0 Å². The lowest BCUT2D eigenvalue weighted by atomic mass is 9.99. The first-order chi connectivity index (χ1) is 19.7. The Morgan fingerprint density at radius 2 is 1.39 bits per heavy atom. The molecule has 2 heterocycles. The Kier molecular flexibility index (Phi) is 12.2. The Bertz CT molecular complexity index is 1110. The summed E-state index contributed by atoms with van der Waals surface area (Å²) in [6, 6.07) is 19.8. The molecule has 2 aromatic rings. The SMILES string of the molecule is CC(=O)O[C@@H]1[C@@H](Br)[C@H](O[C@@H]2[C@@H](C)O[C@H](OCc3ccccc3)C[C@H]2OCc2ccccc2)O[C@H](CBr)[C@H]1OC(C)=O. The molecule has 0 amide bonds. The summed E-state index contributed by atoms with van der Waals surface area (Å²) >= 11 is 7.03. The van der Waals surface area contributed by atoms with Crippen molar-refractivity contribution in [3.8, 4) is 0 Å². The Morgan fingerprint density at radius 1 is 0.829 bits per heavy atom. The van der Waals surface area contributed by atoms with Gasteiger partial charge in [-0.2, -0.15) is 0 Å². The van der Waals surface area contributed by atoms with Crippen LogP contribution >= 0.6 is 31.9 Å². The predicted molar refractivity (Wildman–Crippen MR) is 156 cm³/mol. The lowest BCUT2D eigenvalue weighted by Gasteiger charge is -2.46. The van der Waals surface area contributed by atoms with Gasteiger partial charge in [-0.05, 0) is 18.1 Å². The van der Waals surface area contributed by atoms with Crippen LogP contribution in [0.2, 0.25) is 0 Å².